The topological polar surface area (TPSA) is 61.4 Å². The first kappa shape index (κ1) is 21.2. The smallest absolute Gasteiger partial charge is 0.224 e. The third-order valence-electron chi connectivity index (χ3n) is 5.35. The summed E-state index contributed by atoms with van der Waals surface area (Å²) >= 11 is 0. The van der Waals surface area contributed by atoms with Crippen LogP contribution in [0, 0.1) is 11.7 Å². The molecule has 156 valence electrons. The number of aromatic nitrogens is 2. The van der Waals surface area contributed by atoms with Gasteiger partial charge in [0.25, 0.3) is 0 Å². The molecule has 1 saturated heterocycles. The second-order valence-electron chi connectivity index (χ2n) is 7.90. The van der Waals surface area contributed by atoms with Gasteiger partial charge in [-0.2, -0.15) is 0 Å². The molecule has 0 bridgehead atoms. The Bertz CT molecular complexity index is 788. The van der Waals surface area contributed by atoms with Gasteiger partial charge in [-0.05, 0) is 49.9 Å². The number of nitrogens with one attached hydrogen (secondary N) is 1. The third kappa shape index (κ3) is 6.49. The molecule has 0 spiro atoms. The molecule has 2 heterocycles. The Labute approximate surface area is 172 Å². The highest BCUT2D eigenvalue weighted by Gasteiger charge is 2.21. The van der Waals surface area contributed by atoms with Crippen LogP contribution < -0.4 is 10.2 Å². The molecule has 3 rings (SSSR count). The summed E-state index contributed by atoms with van der Waals surface area (Å²) < 4.78 is 13.6. The molecule has 6 nitrogen and oxygen atoms in total. The minimum atomic E-state index is -0.212. The van der Waals surface area contributed by atoms with Crippen molar-refractivity contribution in [2.45, 2.75) is 32.2 Å². The maximum Gasteiger partial charge on any atom is 0.224 e. The molecule has 0 aliphatic carbocycles. The number of likely N-dealkylation sites (tertiary alicyclic amines) is 1. The van der Waals surface area contributed by atoms with Gasteiger partial charge in [0, 0.05) is 51.6 Å². The first-order valence-electron chi connectivity index (χ1n) is 10.2. The van der Waals surface area contributed by atoms with Gasteiger partial charge in [0.2, 0.25) is 11.9 Å². The molecule has 0 atom stereocenters. The number of anilines is 1. The van der Waals surface area contributed by atoms with E-state index in [9.17, 15) is 9.18 Å². The molecule has 2 aromatic rings. The Morgan fingerprint density at radius 2 is 1.90 bits per heavy atom. The normalized spacial score (nSPS) is 15.3. The molecule has 1 aromatic carbocycles. The maximum absolute atomic E-state index is 13.6. The second kappa shape index (κ2) is 10.3. The zero-order valence-corrected chi connectivity index (χ0v) is 17.3. The lowest BCUT2D eigenvalue weighted by Crippen LogP contribution is -2.36. The number of rotatable bonds is 8. The number of carbonyl (C=O) groups is 1. The van der Waals surface area contributed by atoms with Crippen LogP contribution in [-0.4, -0.2) is 54.5 Å². The first-order chi connectivity index (χ1) is 14.0. The molecule has 0 unspecified atom stereocenters. The zero-order chi connectivity index (χ0) is 20.6. The van der Waals surface area contributed by atoms with Crippen LogP contribution in [0.5, 0.6) is 0 Å². The summed E-state index contributed by atoms with van der Waals surface area (Å²) in [6.45, 7) is 3.27. The van der Waals surface area contributed by atoms with Gasteiger partial charge in [-0.1, -0.05) is 18.2 Å². The van der Waals surface area contributed by atoms with E-state index in [1.165, 1.54) is 6.07 Å². The van der Waals surface area contributed by atoms with Gasteiger partial charge < -0.3 is 10.2 Å². The fourth-order valence-electron chi connectivity index (χ4n) is 3.64. The van der Waals surface area contributed by atoms with Crippen LogP contribution in [0.3, 0.4) is 0 Å². The Morgan fingerprint density at radius 3 is 2.55 bits per heavy atom. The quantitative estimate of drug-likeness (QED) is 0.740. The van der Waals surface area contributed by atoms with Crippen LogP contribution in [0.15, 0.2) is 36.7 Å². The van der Waals surface area contributed by atoms with Crippen LogP contribution in [0.1, 0.15) is 30.4 Å². The van der Waals surface area contributed by atoms with Crippen molar-refractivity contribution in [3.63, 3.8) is 0 Å². The van der Waals surface area contributed by atoms with E-state index in [4.69, 9.17) is 0 Å². The van der Waals surface area contributed by atoms with Crippen LogP contribution in [-0.2, 0) is 17.8 Å². The summed E-state index contributed by atoms with van der Waals surface area (Å²) in [6.07, 6.45) is 6.86. The molecule has 1 amide bonds. The van der Waals surface area contributed by atoms with Crippen LogP contribution in [0.2, 0.25) is 0 Å². The van der Waals surface area contributed by atoms with Gasteiger partial charge >= 0.3 is 0 Å². The van der Waals surface area contributed by atoms with E-state index in [0.717, 1.165) is 38.0 Å². The number of carbonyl (C=O) groups excluding carboxylic acids is 1. The lowest BCUT2D eigenvalue weighted by molar-refractivity contribution is -0.122. The van der Waals surface area contributed by atoms with E-state index in [2.05, 4.69) is 20.2 Å². The predicted molar refractivity (Wildman–Crippen MR) is 112 cm³/mol. The van der Waals surface area contributed by atoms with Crippen molar-refractivity contribution in [1.82, 2.24) is 20.2 Å². The van der Waals surface area contributed by atoms with E-state index >= 15 is 0 Å². The molecule has 1 aromatic heterocycles. The van der Waals surface area contributed by atoms with Crippen LogP contribution >= 0.6 is 0 Å². The summed E-state index contributed by atoms with van der Waals surface area (Å²) in [5, 5.41) is 2.93. The summed E-state index contributed by atoms with van der Waals surface area (Å²) in [5.41, 5.74) is 1.75. The minimum absolute atomic E-state index is 0.0625. The van der Waals surface area contributed by atoms with Gasteiger partial charge in [0.05, 0.1) is 0 Å². The van der Waals surface area contributed by atoms with E-state index < -0.39 is 0 Å². The largest absolute Gasteiger partial charge is 0.356 e. The van der Waals surface area contributed by atoms with Crippen molar-refractivity contribution in [3.05, 3.63) is 53.6 Å². The van der Waals surface area contributed by atoms with Gasteiger partial charge in [0.1, 0.15) is 5.82 Å². The fourth-order valence-corrected chi connectivity index (χ4v) is 3.64. The monoisotopic (exact) mass is 399 g/mol. The van der Waals surface area contributed by atoms with Crippen LogP contribution in [0.4, 0.5) is 10.3 Å². The lowest BCUT2D eigenvalue weighted by atomic mass is 9.93. The van der Waals surface area contributed by atoms with Crippen molar-refractivity contribution in [3.8, 4) is 0 Å². The van der Waals surface area contributed by atoms with Crippen molar-refractivity contribution in [1.29, 1.82) is 0 Å². The van der Waals surface area contributed by atoms with E-state index in [1.54, 1.807) is 12.1 Å². The molecule has 1 aliphatic rings. The highest BCUT2D eigenvalue weighted by Crippen LogP contribution is 2.21. The molecule has 7 heteroatoms. The molecular formula is C22H30FN5O. The van der Waals surface area contributed by atoms with Crippen molar-refractivity contribution < 1.29 is 9.18 Å². The number of hydrogen-bond donors (Lipinski definition) is 1. The minimum Gasteiger partial charge on any atom is -0.356 e. The maximum atomic E-state index is 13.6. The summed E-state index contributed by atoms with van der Waals surface area (Å²) in [5.74, 6) is 0.976. The van der Waals surface area contributed by atoms with Gasteiger partial charge in [-0.15, -0.1) is 0 Å². The Morgan fingerprint density at radius 1 is 1.21 bits per heavy atom. The van der Waals surface area contributed by atoms with Gasteiger partial charge in [0.15, 0.2) is 0 Å². The van der Waals surface area contributed by atoms with Crippen molar-refractivity contribution in [2.75, 3.05) is 38.6 Å². The number of piperidine rings is 1. The average Bonchev–Trinajstić information content (AvgIpc) is 2.71. The number of nitrogens with zero attached hydrogens (tertiary/aromatic N) is 4. The van der Waals surface area contributed by atoms with Gasteiger partial charge in [-0.25, -0.2) is 14.4 Å². The Kier molecular flexibility index (Phi) is 7.52. The van der Waals surface area contributed by atoms with Gasteiger partial charge in [-0.3, -0.25) is 9.69 Å². The average molecular weight is 400 g/mol. The fraction of sp³-hybridized carbons (Fsp3) is 0.500. The number of hydrogen-bond acceptors (Lipinski definition) is 5. The molecular weight excluding hydrogens is 369 g/mol. The summed E-state index contributed by atoms with van der Waals surface area (Å²) in [7, 11) is 3.85. The highest BCUT2D eigenvalue weighted by atomic mass is 19.1. The second-order valence-corrected chi connectivity index (χ2v) is 7.90. The summed E-state index contributed by atoms with van der Waals surface area (Å²) in [6, 6.07) is 6.70. The standard InChI is InChI=1S/C22H30FN5O/c1-27(2)22-25-14-18(15-26-22)16-28-11-8-17(9-12-28)13-21(29)24-10-7-19-5-3-4-6-20(19)23/h3-6,14-15,17H,7-13,16H2,1-2H3,(H,24,29). The van der Waals surface area contributed by atoms with E-state index in [1.807, 2.05) is 37.5 Å². The zero-order valence-electron chi connectivity index (χ0n) is 17.3. The molecule has 1 N–H and O–H groups in total. The number of halogens is 1. The summed E-state index contributed by atoms with van der Waals surface area (Å²) in [4.78, 5) is 25.2. The van der Waals surface area contributed by atoms with Crippen LogP contribution in [0.25, 0.3) is 0 Å². The van der Waals surface area contributed by atoms with E-state index in [-0.39, 0.29) is 11.7 Å². The van der Waals surface area contributed by atoms with Crippen molar-refractivity contribution in [2.24, 2.45) is 5.92 Å². The van der Waals surface area contributed by atoms with Crippen molar-refractivity contribution >= 4 is 11.9 Å². The third-order valence-corrected chi connectivity index (χ3v) is 5.35. The predicted octanol–water partition coefficient (Wildman–Crippen LogP) is 2.64. The SMILES string of the molecule is CN(C)c1ncc(CN2CCC(CC(=O)NCCc3ccccc3F)CC2)cn1. The molecule has 0 radical (unpaired) electrons. The molecule has 0 saturated carbocycles. The molecule has 29 heavy (non-hydrogen) atoms. The van der Waals surface area contributed by atoms with E-state index in [0.29, 0.717) is 36.8 Å². The first-order valence-corrected chi connectivity index (χ1v) is 10.2. The number of benzene rings is 1. The number of amides is 1. The lowest BCUT2D eigenvalue weighted by Gasteiger charge is -2.31. The Hall–Kier alpha value is -2.54. The highest BCUT2D eigenvalue weighted by molar-refractivity contribution is 5.76. The Balaban J connectivity index is 1.35. The molecule has 1 aliphatic heterocycles. The molecule has 1 fully saturated rings.